The van der Waals surface area contributed by atoms with E-state index in [4.69, 9.17) is 16.3 Å². The van der Waals surface area contributed by atoms with Crippen molar-refractivity contribution >= 4 is 17.3 Å². The lowest BCUT2D eigenvalue weighted by molar-refractivity contribution is 0.195. The third-order valence-corrected chi connectivity index (χ3v) is 2.36. The number of hydrogen-bond acceptors (Lipinski definition) is 2. The van der Waals surface area contributed by atoms with Crippen molar-refractivity contribution in [2.75, 3.05) is 18.5 Å². The van der Waals surface area contributed by atoms with Crippen LogP contribution in [0.3, 0.4) is 0 Å². The SMILES string of the molecule is Clc1cccc(NC2CCOC2)c1. The minimum Gasteiger partial charge on any atom is -0.380 e. The van der Waals surface area contributed by atoms with E-state index in [-0.39, 0.29) is 0 Å². The fourth-order valence-electron chi connectivity index (χ4n) is 1.46. The summed E-state index contributed by atoms with van der Waals surface area (Å²) in [6.45, 7) is 1.66. The molecule has 1 fully saturated rings. The molecule has 70 valence electrons. The molecule has 0 aromatic heterocycles. The molecule has 0 amide bonds. The summed E-state index contributed by atoms with van der Waals surface area (Å²) >= 11 is 5.86. The van der Waals surface area contributed by atoms with Crippen molar-refractivity contribution < 1.29 is 4.74 Å². The summed E-state index contributed by atoms with van der Waals surface area (Å²) in [4.78, 5) is 0. The highest BCUT2D eigenvalue weighted by molar-refractivity contribution is 6.30. The molecule has 0 spiro atoms. The molecule has 3 heteroatoms. The van der Waals surface area contributed by atoms with Gasteiger partial charge in [0.05, 0.1) is 12.6 Å². The Morgan fingerprint density at radius 2 is 2.38 bits per heavy atom. The van der Waals surface area contributed by atoms with Crippen molar-refractivity contribution in [2.45, 2.75) is 12.5 Å². The van der Waals surface area contributed by atoms with Gasteiger partial charge >= 0.3 is 0 Å². The Kier molecular flexibility index (Phi) is 2.71. The fraction of sp³-hybridized carbons (Fsp3) is 0.400. The zero-order valence-corrected chi connectivity index (χ0v) is 8.05. The maximum Gasteiger partial charge on any atom is 0.0668 e. The summed E-state index contributed by atoms with van der Waals surface area (Å²) in [6, 6.07) is 8.21. The van der Waals surface area contributed by atoms with Gasteiger partial charge < -0.3 is 10.1 Å². The quantitative estimate of drug-likeness (QED) is 0.787. The van der Waals surface area contributed by atoms with Crippen LogP contribution in [0.1, 0.15) is 6.42 Å². The van der Waals surface area contributed by atoms with Crippen LogP contribution in [0.2, 0.25) is 5.02 Å². The first-order valence-corrected chi connectivity index (χ1v) is 4.82. The molecule has 1 atom stereocenters. The monoisotopic (exact) mass is 197 g/mol. The Bertz CT molecular complexity index is 284. The van der Waals surface area contributed by atoms with Crippen LogP contribution in [0.15, 0.2) is 24.3 Å². The summed E-state index contributed by atoms with van der Waals surface area (Å²) < 4.78 is 5.26. The van der Waals surface area contributed by atoms with Crippen molar-refractivity contribution in [3.8, 4) is 0 Å². The van der Waals surface area contributed by atoms with Gasteiger partial charge in [-0.05, 0) is 24.6 Å². The molecule has 1 aromatic rings. The van der Waals surface area contributed by atoms with E-state index >= 15 is 0 Å². The van der Waals surface area contributed by atoms with E-state index in [1.165, 1.54) is 0 Å². The lowest BCUT2D eigenvalue weighted by Crippen LogP contribution is -2.18. The molecule has 0 bridgehead atoms. The van der Waals surface area contributed by atoms with Crippen LogP contribution < -0.4 is 5.32 Å². The summed E-state index contributed by atoms with van der Waals surface area (Å²) in [5.74, 6) is 0. The van der Waals surface area contributed by atoms with Gasteiger partial charge in [0.15, 0.2) is 0 Å². The van der Waals surface area contributed by atoms with Gasteiger partial charge in [-0.15, -0.1) is 0 Å². The molecule has 0 radical (unpaired) electrons. The predicted molar refractivity (Wildman–Crippen MR) is 54.3 cm³/mol. The average molecular weight is 198 g/mol. The topological polar surface area (TPSA) is 21.3 Å². The number of nitrogens with one attached hydrogen (secondary N) is 1. The first-order valence-electron chi connectivity index (χ1n) is 4.44. The zero-order valence-electron chi connectivity index (χ0n) is 7.29. The Hall–Kier alpha value is -0.730. The number of halogens is 1. The van der Waals surface area contributed by atoms with Crippen molar-refractivity contribution in [1.82, 2.24) is 0 Å². The first-order chi connectivity index (χ1) is 6.34. The van der Waals surface area contributed by atoms with E-state index in [2.05, 4.69) is 5.32 Å². The minimum absolute atomic E-state index is 0.443. The third-order valence-electron chi connectivity index (χ3n) is 2.13. The smallest absolute Gasteiger partial charge is 0.0668 e. The summed E-state index contributed by atoms with van der Waals surface area (Å²) in [7, 11) is 0. The molecule has 1 N–H and O–H groups in total. The summed E-state index contributed by atoms with van der Waals surface area (Å²) in [5, 5.41) is 4.14. The van der Waals surface area contributed by atoms with E-state index in [9.17, 15) is 0 Å². The molecule has 1 aromatic carbocycles. The normalized spacial score (nSPS) is 21.8. The maximum absolute atomic E-state index is 5.86. The first kappa shape index (κ1) is 8.85. The molecule has 1 aliphatic heterocycles. The molecule has 13 heavy (non-hydrogen) atoms. The summed E-state index contributed by atoms with van der Waals surface area (Å²) in [6.07, 6.45) is 1.08. The van der Waals surface area contributed by atoms with Crippen LogP contribution >= 0.6 is 11.6 Å². The number of hydrogen-bond donors (Lipinski definition) is 1. The largest absolute Gasteiger partial charge is 0.380 e. The van der Waals surface area contributed by atoms with Gasteiger partial charge in [-0.2, -0.15) is 0 Å². The highest BCUT2D eigenvalue weighted by Crippen LogP contribution is 2.17. The molecule has 0 aliphatic carbocycles. The van der Waals surface area contributed by atoms with Crippen LogP contribution in [0, 0.1) is 0 Å². The van der Waals surface area contributed by atoms with Gasteiger partial charge in [-0.3, -0.25) is 0 Å². The van der Waals surface area contributed by atoms with Crippen LogP contribution in [0.5, 0.6) is 0 Å². The highest BCUT2D eigenvalue weighted by Gasteiger charge is 2.14. The van der Waals surface area contributed by atoms with Crippen LogP contribution in [-0.2, 0) is 4.74 Å². The maximum atomic E-state index is 5.86. The summed E-state index contributed by atoms with van der Waals surface area (Å²) in [5.41, 5.74) is 1.07. The van der Waals surface area contributed by atoms with Crippen molar-refractivity contribution in [3.05, 3.63) is 29.3 Å². The van der Waals surface area contributed by atoms with Crippen LogP contribution in [0.25, 0.3) is 0 Å². The van der Waals surface area contributed by atoms with Crippen LogP contribution in [0.4, 0.5) is 5.69 Å². The Balaban J connectivity index is 2.00. The fourth-order valence-corrected chi connectivity index (χ4v) is 1.65. The Morgan fingerprint density at radius 1 is 1.46 bits per heavy atom. The van der Waals surface area contributed by atoms with Gasteiger partial charge in [-0.25, -0.2) is 0 Å². The molecule has 1 unspecified atom stereocenters. The molecule has 2 rings (SSSR count). The molecule has 1 aliphatic rings. The van der Waals surface area contributed by atoms with Gasteiger partial charge in [0.1, 0.15) is 0 Å². The van der Waals surface area contributed by atoms with Crippen molar-refractivity contribution in [1.29, 1.82) is 0 Å². The third kappa shape index (κ3) is 2.36. The van der Waals surface area contributed by atoms with Crippen molar-refractivity contribution in [3.63, 3.8) is 0 Å². The van der Waals surface area contributed by atoms with Gasteiger partial charge in [0.25, 0.3) is 0 Å². The molecule has 1 saturated heterocycles. The second-order valence-corrected chi connectivity index (χ2v) is 3.65. The zero-order chi connectivity index (χ0) is 9.10. The predicted octanol–water partition coefficient (Wildman–Crippen LogP) is 2.54. The van der Waals surface area contributed by atoms with E-state index < -0.39 is 0 Å². The second-order valence-electron chi connectivity index (χ2n) is 3.22. The molecule has 1 heterocycles. The molecule has 0 saturated carbocycles. The van der Waals surface area contributed by atoms with E-state index in [0.29, 0.717) is 6.04 Å². The standard InChI is InChI=1S/C10H12ClNO/c11-8-2-1-3-9(6-8)12-10-4-5-13-7-10/h1-3,6,10,12H,4-5,7H2. The highest BCUT2D eigenvalue weighted by atomic mass is 35.5. The van der Waals surface area contributed by atoms with E-state index in [0.717, 1.165) is 30.3 Å². The van der Waals surface area contributed by atoms with E-state index in [1.807, 2.05) is 24.3 Å². The Morgan fingerprint density at radius 3 is 3.08 bits per heavy atom. The minimum atomic E-state index is 0.443. The molecule has 2 nitrogen and oxygen atoms in total. The lowest BCUT2D eigenvalue weighted by Gasteiger charge is -2.11. The van der Waals surface area contributed by atoms with E-state index in [1.54, 1.807) is 0 Å². The van der Waals surface area contributed by atoms with Crippen molar-refractivity contribution in [2.24, 2.45) is 0 Å². The van der Waals surface area contributed by atoms with Crippen LogP contribution in [-0.4, -0.2) is 19.3 Å². The van der Waals surface area contributed by atoms with Gasteiger partial charge in [0.2, 0.25) is 0 Å². The number of benzene rings is 1. The Labute approximate surface area is 82.9 Å². The number of rotatable bonds is 2. The lowest BCUT2D eigenvalue weighted by atomic mass is 10.2. The number of anilines is 1. The van der Waals surface area contributed by atoms with Gasteiger partial charge in [-0.1, -0.05) is 17.7 Å². The molecular formula is C10H12ClNO. The average Bonchev–Trinajstić information content (AvgIpc) is 2.57. The number of ether oxygens (including phenoxy) is 1. The van der Waals surface area contributed by atoms with Gasteiger partial charge in [0, 0.05) is 17.3 Å². The second kappa shape index (κ2) is 3.99. The molecular weight excluding hydrogens is 186 g/mol.